The molecule has 0 N–H and O–H groups in total. The van der Waals surface area contributed by atoms with E-state index in [2.05, 4.69) is 4.74 Å². The summed E-state index contributed by atoms with van der Waals surface area (Å²) >= 11 is 7.12. The average Bonchev–Trinajstić information content (AvgIpc) is 2.92. The molecular weight excluding hydrogens is 394 g/mol. The van der Waals surface area contributed by atoms with E-state index in [4.69, 9.17) is 21.1 Å². The van der Waals surface area contributed by atoms with Crippen LogP contribution in [-0.2, 0) is 14.3 Å². The summed E-state index contributed by atoms with van der Waals surface area (Å²) in [5.41, 5.74) is 0.567. The molecule has 0 bridgehead atoms. The van der Waals surface area contributed by atoms with Crippen LogP contribution < -0.4 is 9.47 Å². The second kappa shape index (κ2) is 9.14. The number of halogens is 1. The van der Waals surface area contributed by atoms with Crippen LogP contribution in [-0.4, -0.2) is 48.9 Å². The van der Waals surface area contributed by atoms with Gasteiger partial charge in [-0.2, -0.15) is 0 Å². The van der Waals surface area contributed by atoms with Crippen molar-refractivity contribution in [1.82, 2.24) is 4.90 Å². The van der Waals surface area contributed by atoms with Gasteiger partial charge in [-0.25, -0.2) is 4.79 Å². The molecule has 7 nitrogen and oxygen atoms in total. The Morgan fingerprint density at radius 3 is 2.63 bits per heavy atom. The molecule has 1 aliphatic rings. The second-order valence-corrected chi connectivity index (χ2v) is 7.11. The molecule has 0 saturated carbocycles. The number of hydrogen-bond donors (Lipinski definition) is 0. The van der Waals surface area contributed by atoms with Gasteiger partial charge in [-0.05, 0) is 48.9 Å². The predicted octanol–water partition coefficient (Wildman–Crippen LogP) is 3.74. The summed E-state index contributed by atoms with van der Waals surface area (Å²) in [5.74, 6) is -0.412. The van der Waals surface area contributed by atoms with Gasteiger partial charge in [0, 0.05) is 6.04 Å². The van der Waals surface area contributed by atoms with Crippen molar-refractivity contribution in [2.24, 2.45) is 0 Å². The Labute approximate surface area is 166 Å². The van der Waals surface area contributed by atoms with Gasteiger partial charge in [0.15, 0.2) is 18.1 Å². The zero-order chi connectivity index (χ0) is 20.1. The molecule has 9 heteroatoms. The highest BCUT2D eigenvalue weighted by Crippen LogP contribution is 2.39. The first kappa shape index (κ1) is 21.1. The zero-order valence-electron chi connectivity index (χ0n) is 15.4. The van der Waals surface area contributed by atoms with Crippen LogP contribution in [0.25, 0.3) is 6.08 Å². The molecule has 0 aliphatic carbocycles. The molecule has 27 heavy (non-hydrogen) atoms. The van der Waals surface area contributed by atoms with Gasteiger partial charge in [0.05, 0.1) is 24.1 Å². The highest BCUT2D eigenvalue weighted by Gasteiger charge is 2.37. The minimum atomic E-state index is -0.559. The molecule has 1 aromatic rings. The molecule has 1 aromatic carbocycles. The Morgan fingerprint density at radius 1 is 1.33 bits per heavy atom. The van der Waals surface area contributed by atoms with Crippen molar-refractivity contribution in [1.29, 1.82) is 0 Å². The Kier molecular flexibility index (Phi) is 7.15. The summed E-state index contributed by atoms with van der Waals surface area (Å²) in [6.45, 7) is 3.42. The summed E-state index contributed by atoms with van der Waals surface area (Å²) in [5, 5.41) is -0.0950. The summed E-state index contributed by atoms with van der Waals surface area (Å²) < 4.78 is 15.1. The lowest BCUT2D eigenvalue weighted by Gasteiger charge is -2.19. The quantitative estimate of drug-likeness (QED) is 0.497. The van der Waals surface area contributed by atoms with Crippen molar-refractivity contribution in [3.05, 3.63) is 27.6 Å². The fourth-order valence-electron chi connectivity index (χ4n) is 2.35. The van der Waals surface area contributed by atoms with E-state index in [0.717, 1.165) is 11.8 Å². The first-order valence-corrected chi connectivity index (χ1v) is 9.36. The molecule has 0 unspecified atom stereocenters. The average molecular weight is 414 g/mol. The maximum Gasteiger partial charge on any atom is 0.343 e. The number of esters is 1. The minimum absolute atomic E-state index is 0.171. The number of carbonyl (C=O) groups is 3. The predicted molar refractivity (Wildman–Crippen MR) is 103 cm³/mol. The maximum atomic E-state index is 12.5. The van der Waals surface area contributed by atoms with Crippen LogP contribution in [0, 0.1) is 0 Å². The third kappa shape index (κ3) is 4.75. The lowest BCUT2D eigenvalue weighted by molar-refractivity contribution is -0.142. The number of hydrogen-bond acceptors (Lipinski definition) is 7. The van der Waals surface area contributed by atoms with Crippen LogP contribution >= 0.6 is 23.4 Å². The highest BCUT2D eigenvalue weighted by atomic mass is 35.5. The fourth-order valence-corrected chi connectivity index (χ4v) is 3.55. The lowest BCUT2D eigenvalue weighted by atomic mass is 10.1. The summed E-state index contributed by atoms with van der Waals surface area (Å²) in [6, 6.07) is 3.00. The molecule has 146 valence electrons. The topological polar surface area (TPSA) is 82.1 Å². The molecule has 1 aliphatic heterocycles. The van der Waals surface area contributed by atoms with Gasteiger partial charge < -0.3 is 14.2 Å². The number of nitrogens with zero attached hydrogens (tertiary/aromatic N) is 1. The van der Waals surface area contributed by atoms with Crippen molar-refractivity contribution < 1.29 is 28.6 Å². The number of benzene rings is 1. The number of ether oxygens (including phenoxy) is 3. The normalized spacial score (nSPS) is 16.6. The molecule has 2 rings (SSSR count). The Bertz CT molecular complexity index is 794. The number of thioether (sulfide) groups is 1. The molecule has 1 saturated heterocycles. The molecule has 1 heterocycles. The SMILES string of the molecule is CC[C@H](C)N1C(=O)S/C(=C/c2cc(Cl)c(OCC(=O)OC)c(OC)c2)C1=O. The smallest absolute Gasteiger partial charge is 0.343 e. The molecule has 2 amide bonds. The van der Waals surface area contributed by atoms with Crippen LogP contribution in [0.1, 0.15) is 25.8 Å². The molecule has 0 aromatic heterocycles. The van der Waals surface area contributed by atoms with E-state index in [9.17, 15) is 14.4 Å². The Hall–Kier alpha value is -2.19. The van der Waals surface area contributed by atoms with E-state index < -0.39 is 5.97 Å². The number of carbonyl (C=O) groups excluding carboxylic acids is 3. The van der Waals surface area contributed by atoms with Gasteiger partial charge in [0.1, 0.15) is 0 Å². The van der Waals surface area contributed by atoms with E-state index >= 15 is 0 Å². The highest BCUT2D eigenvalue weighted by molar-refractivity contribution is 8.18. The van der Waals surface area contributed by atoms with E-state index in [1.807, 2.05) is 13.8 Å². The first-order valence-electron chi connectivity index (χ1n) is 8.16. The standard InChI is InChI=1S/C18H20ClNO6S/c1-5-10(2)20-17(22)14(27-18(20)23)8-11-6-12(19)16(13(7-11)24-3)26-9-15(21)25-4/h6-8,10H,5,9H2,1-4H3/b14-8+/t10-/m0/s1. The fraction of sp³-hybridized carbons (Fsp3) is 0.389. The largest absolute Gasteiger partial charge is 0.493 e. The van der Waals surface area contributed by atoms with Crippen molar-refractivity contribution in [3.63, 3.8) is 0 Å². The van der Waals surface area contributed by atoms with Crippen LogP contribution in [0.3, 0.4) is 0 Å². The first-order chi connectivity index (χ1) is 12.8. The second-order valence-electron chi connectivity index (χ2n) is 5.71. The Morgan fingerprint density at radius 2 is 2.04 bits per heavy atom. The van der Waals surface area contributed by atoms with E-state index in [0.29, 0.717) is 22.6 Å². The molecular formula is C18H20ClNO6S. The van der Waals surface area contributed by atoms with Crippen LogP contribution in [0.2, 0.25) is 5.02 Å². The molecule has 1 atom stereocenters. The molecule has 0 spiro atoms. The molecule has 1 fully saturated rings. The Balaban J connectivity index is 2.31. The van der Waals surface area contributed by atoms with Gasteiger partial charge in [0.2, 0.25) is 0 Å². The van der Waals surface area contributed by atoms with Gasteiger partial charge in [0.25, 0.3) is 11.1 Å². The van der Waals surface area contributed by atoms with E-state index in [1.54, 1.807) is 18.2 Å². The third-order valence-corrected chi connectivity index (χ3v) is 5.13. The van der Waals surface area contributed by atoms with E-state index in [-0.39, 0.29) is 34.6 Å². The van der Waals surface area contributed by atoms with Gasteiger partial charge in [-0.15, -0.1) is 0 Å². The van der Waals surface area contributed by atoms with Gasteiger partial charge in [-0.3, -0.25) is 14.5 Å². The number of amides is 2. The monoisotopic (exact) mass is 413 g/mol. The minimum Gasteiger partial charge on any atom is -0.493 e. The number of imide groups is 1. The van der Waals surface area contributed by atoms with Crippen LogP contribution in [0.5, 0.6) is 11.5 Å². The summed E-state index contributed by atoms with van der Waals surface area (Å²) in [4.78, 5) is 37.4. The van der Waals surface area contributed by atoms with Crippen molar-refractivity contribution in [3.8, 4) is 11.5 Å². The summed E-state index contributed by atoms with van der Waals surface area (Å²) in [6.07, 6.45) is 2.25. The van der Waals surface area contributed by atoms with Crippen LogP contribution in [0.15, 0.2) is 17.0 Å². The zero-order valence-corrected chi connectivity index (χ0v) is 17.0. The molecule has 0 radical (unpaired) electrons. The number of methoxy groups -OCH3 is 2. The number of rotatable bonds is 7. The lowest BCUT2D eigenvalue weighted by Crippen LogP contribution is -2.36. The maximum absolute atomic E-state index is 12.5. The van der Waals surface area contributed by atoms with Crippen LogP contribution in [0.4, 0.5) is 4.79 Å². The van der Waals surface area contributed by atoms with Gasteiger partial charge >= 0.3 is 5.97 Å². The van der Waals surface area contributed by atoms with Crippen molar-refractivity contribution >= 4 is 46.6 Å². The van der Waals surface area contributed by atoms with Gasteiger partial charge in [-0.1, -0.05) is 18.5 Å². The van der Waals surface area contributed by atoms with Crippen molar-refractivity contribution in [2.45, 2.75) is 26.3 Å². The van der Waals surface area contributed by atoms with Crippen molar-refractivity contribution in [2.75, 3.05) is 20.8 Å². The third-order valence-electron chi connectivity index (χ3n) is 3.97. The van der Waals surface area contributed by atoms with E-state index in [1.165, 1.54) is 19.1 Å². The summed E-state index contributed by atoms with van der Waals surface area (Å²) in [7, 11) is 2.68.